The van der Waals surface area contributed by atoms with Crippen LogP contribution in [0.5, 0.6) is 0 Å². The molecular formula is C19H18N2O3S. The number of nitrogens with zero attached hydrogens (tertiary/aromatic N) is 2. The maximum atomic E-state index is 13.0. The first-order valence-electron chi connectivity index (χ1n) is 8.35. The quantitative estimate of drug-likeness (QED) is 0.783. The molecule has 0 amide bonds. The predicted octanol–water partition coefficient (Wildman–Crippen LogP) is 3.33. The minimum atomic E-state index is -0.969. The van der Waals surface area contributed by atoms with Crippen LogP contribution in [0.15, 0.2) is 35.4 Å². The Bertz CT molecular complexity index is 1030. The lowest BCUT2D eigenvalue weighted by molar-refractivity contribution is 0.0696. The first kappa shape index (κ1) is 16.0. The second-order valence-electron chi connectivity index (χ2n) is 6.72. The summed E-state index contributed by atoms with van der Waals surface area (Å²) >= 11 is 1.64. The average Bonchev–Trinajstić information content (AvgIpc) is 2.95. The van der Waals surface area contributed by atoms with Gasteiger partial charge in [0.15, 0.2) is 0 Å². The van der Waals surface area contributed by atoms with Crippen molar-refractivity contribution in [3.63, 3.8) is 0 Å². The lowest BCUT2D eigenvalue weighted by atomic mass is 9.89. The molecule has 128 valence electrons. The second kappa shape index (κ2) is 6.11. The average molecular weight is 354 g/mol. The van der Waals surface area contributed by atoms with Gasteiger partial charge in [0.25, 0.3) is 5.56 Å². The van der Waals surface area contributed by atoms with Crippen molar-refractivity contribution in [3.05, 3.63) is 62.5 Å². The Balaban J connectivity index is 1.76. The topological polar surface area (TPSA) is 72.2 Å². The fourth-order valence-electron chi connectivity index (χ4n) is 3.48. The van der Waals surface area contributed by atoms with Crippen molar-refractivity contribution in [2.45, 2.75) is 32.7 Å². The number of carboxylic acid groups (broad SMARTS) is 1. The van der Waals surface area contributed by atoms with E-state index in [1.54, 1.807) is 40.4 Å². The molecule has 2 heterocycles. The number of aromatic nitrogens is 2. The fourth-order valence-corrected chi connectivity index (χ4v) is 4.82. The van der Waals surface area contributed by atoms with E-state index in [4.69, 9.17) is 5.11 Å². The Morgan fingerprint density at radius 3 is 3.08 bits per heavy atom. The van der Waals surface area contributed by atoms with Gasteiger partial charge in [0.1, 0.15) is 4.83 Å². The van der Waals surface area contributed by atoms with Crippen molar-refractivity contribution < 1.29 is 9.90 Å². The lowest BCUT2D eigenvalue weighted by Crippen LogP contribution is -2.22. The van der Waals surface area contributed by atoms with E-state index in [0.717, 1.165) is 35.0 Å². The lowest BCUT2D eigenvalue weighted by Gasteiger charge is -2.17. The highest BCUT2D eigenvalue weighted by Crippen LogP contribution is 2.35. The Morgan fingerprint density at radius 2 is 2.28 bits per heavy atom. The largest absolute Gasteiger partial charge is 0.478 e. The third kappa shape index (κ3) is 2.87. The number of aryl methyl sites for hydroxylation is 1. The molecule has 1 atom stereocenters. The Morgan fingerprint density at radius 1 is 1.44 bits per heavy atom. The molecule has 25 heavy (non-hydrogen) atoms. The van der Waals surface area contributed by atoms with E-state index in [1.165, 1.54) is 10.4 Å². The van der Waals surface area contributed by atoms with E-state index in [2.05, 4.69) is 11.9 Å². The maximum absolute atomic E-state index is 13.0. The summed E-state index contributed by atoms with van der Waals surface area (Å²) in [4.78, 5) is 30.7. The van der Waals surface area contributed by atoms with Crippen LogP contribution < -0.4 is 5.56 Å². The van der Waals surface area contributed by atoms with Crippen LogP contribution in [0.1, 0.15) is 39.7 Å². The van der Waals surface area contributed by atoms with Crippen LogP contribution in [0.4, 0.5) is 0 Å². The third-order valence-corrected chi connectivity index (χ3v) is 5.97. The molecule has 0 fully saturated rings. The van der Waals surface area contributed by atoms with Crippen LogP contribution in [-0.4, -0.2) is 20.6 Å². The van der Waals surface area contributed by atoms with Gasteiger partial charge in [-0.3, -0.25) is 9.36 Å². The standard InChI is InChI=1S/C19H18N2O3S/c1-11-5-6-14-15(7-11)25-17-16(14)18(22)21(10-20-17)9-12-3-2-4-13(8-12)19(23)24/h2-4,8,10-11H,5-7,9H2,1H3,(H,23,24)/t11-/m0/s1. The number of aromatic carboxylic acids is 1. The molecular weight excluding hydrogens is 336 g/mol. The molecule has 5 nitrogen and oxygen atoms in total. The van der Waals surface area contributed by atoms with Crippen LogP contribution in [-0.2, 0) is 19.4 Å². The summed E-state index contributed by atoms with van der Waals surface area (Å²) in [6.07, 6.45) is 4.64. The highest BCUT2D eigenvalue weighted by Gasteiger charge is 2.23. The number of hydrogen-bond acceptors (Lipinski definition) is 4. The summed E-state index contributed by atoms with van der Waals surface area (Å²) in [5.41, 5.74) is 2.14. The summed E-state index contributed by atoms with van der Waals surface area (Å²) in [6.45, 7) is 2.57. The molecule has 0 saturated carbocycles. The van der Waals surface area contributed by atoms with Gasteiger partial charge in [0.05, 0.1) is 23.8 Å². The molecule has 0 unspecified atom stereocenters. The molecule has 0 bridgehead atoms. The fraction of sp³-hybridized carbons (Fsp3) is 0.316. The normalized spacial score (nSPS) is 16.8. The van der Waals surface area contributed by atoms with Crippen LogP contribution in [0.3, 0.4) is 0 Å². The number of thiophene rings is 1. The zero-order valence-electron chi connectivity index (χ0n) is 13.9. The third-order valence-electron chi connectivity index (χ3n) is 4.81. The van der Waals surface area contributed by atoms with Gasteiger partial charge in [-0.15, -0.1) is 11.3 Å². The molecule has 1 aliphatic carbocycles. The van der Waals surface area contributed by atoms with Crippen LogP contribution in [0.25, 0.3) is 10.2 Å². The highest BCUT2D eigenvalue weighted by molar-refractivity contribution is 7.18. The van der Waals surface area contributed by atoms with Crippen molar-refractivity contribution in [1.82, 2.24) is 9.55 Å². The van der Waals surface area contributed by atoms with Crippen LogP contribution >= 0.6 is 11.3 Å². The number of hydrogen-bond donors (Lipinski definition) is 1. The summed E-state index contributed by atoms with van der Waals surface area (Å²) in [5, 5.41) is 9.87. The predicted molar refractivity (Wildman–Crippen MR) is 97.6 cm³/mol. The molecule has 2 aromatic heterocycles. The van der Waals surface area contributed by atoms with E-state index in [1.807, 2.05) is 6.07 Å². The molecule has 0 spiro atoms. The van der Waals surface area contributed by atoms with Crippen molar-refractivity contribution in [3.8, 4) is 0 Å². The van der Waals surface area contributed by atoms with E-state index in [0.29, 0.717) is 12.5 Å². The Kier molecular flexibility index (Phi) is 3.92. The molecule has 0 saturated heterocycles. The summed E-state index contributed by atoms with van der Waals surface area (Å²) in [6, 6.07) is 6.67. The van der Waals surface area contributed by atoms with Gasteiger partial charge in [-0.05, 0) is 48.4 Å². The molecule has 4 rings (SSSR count). The summed E-state index contributed by atoms with van der Waals surface area (Å²) in [7, 11) is 0. The number of fused-ring (bicyclic) bond motifs is 3. The van der Waals surface area contributed by atoms with Crippen molar-refractivity contribution in [2.24, 2.45) is 5.92 Å². The number of benzene rings is 1. The monoisotopic (exact) mass is 354 g/mol. The minimum absolute atomic E-state index is 0.0298. The van der Waals surface area contributed by atoms with Gasteiger partial charge < -0.3 is 5.11 Å². The van der Waals surface area contributed by atoms with Crippen molar-refractivity contribution >= 4 is 27.5 Å². The number of carboxylic acids is 1. The molecule has 1 aliphatic rings. The van der Waals surface area contributed by atoms with E-state index < -0.39 is 5.97 Å². The minimum Gasteiger partial charge on any atom is -0.478 e. The van der Waals surface area contributed by atoms with E-state index in [-0.39, 0.29) is 11.1 Å². The molecule has 3 aromatic rings. The SMILES string of the molecule is C[C@H]1CCc2c(sc3ncn(Cc4cccc(C(=O)O)c4)c(=O)c23)C1. The maximum Gasteiger partial charge on any atom is 0.335 e. The first-order chi connectivity index (χ1) is 12.0. The van der Waals surface area contributed by atoms with Gasteiger partial charge in [-0.25, -0.2) is 9.78 Å². The first-order valence-corrected chi connectivity index (χ1v) is 9.16. The van der Waals surface area contributed by atoms with Crippen molar-refractivity contribution in [1.29, 1.82) is 0 Å². The van der Waals surface area contributed by atoms with Crippen LogP contribution in [0, 0.1) is 5.92 Å². The number of rotatable bonds is 3. The van der Waals surface area contributed by atoms with Gasteiger partial charge in [0, 0.05) is 4.88 Å². The zero-order valence-corrected chi connectivity index (χ0v) is 14.7. The second-order valence-corrected chi connectivity index (χ2v) is 7.80. The van der Waals surface area contributed by atoms with Gasteiger partial charge in [-0.1, -0.05) is 19.1 Å². The highest BCUT2D eigenvalue weighted by atomic mass is 32.1. The molecule has 6 heteroatoms. The van der Waals surface area contributed by atoms with Gasteiger partial charge in [0.2, 0.25) is 0 Å². The molecule has 0 aliphatic heterocycles. The molecule has 1 N–H and O–H groups in total. The number of carbonyl (C=O) groups is 1. The molecule has 1 aromatic carbocycles. The Labute approximate surface area is 148 Å². The van der Waals surface area contributed by atoms with Crippen molar-refractivity contribution in [2.75, 3.05) is 0 Å². The van der Waals surface area contributed by atoms with E-state index >= 15 is 0 Å². The summed E-state index contributed by atoms with van der Waals surface area (Å²) in [5.74, 6) is -0.314. The van der Waals surface area contributed by atoms with Crippen LogP contribution in [0.2, 0.25) is 0 Å². The van der Waals surface area contributed by atoms with Gasteiger partial charge >= 0.3 is 5.97 Å². The van der Waals surface area contributed by atoms with E-state index in [9.17, 15) is 9.59 Å². The smallest absolute Gasteiger partial charge is 0.335 e. The summed E-state index contributed by atoms with van der Waals surface area (Å²) < 4.78 is 1.58. The Hall–Kier alpha value is -2.47. The zero-order chi connectivity index (χ0) is 17.6. The van der Waals surface area contributed by atoms with Gasteiger partial charge in [-0.2, -0.15) is 0 Å². The molecule has 0 radical (unpaired) electrons.